The van der Waals surface area contributed by atoms with E-state index in [4.69, 9.17) is 10.5 Å². The number of fused-ring (bicyclic) bond motifs is 1. The van der Waals surface area contributed by atoms with Crippen LogP contribution in [0.2, 0.25) is 0 Å². The summed E-state index contributed by atoms with van der Waals surface area (Å²) in [6.45, 7) is 1.14. The second-order valence-electron chi connectivity index (χ2n) is 8.55. The highest BCUT2D eigenvalue weighted by atomic mass is 19.1. The first-order chi connectivity index (χ1) is 17.4. The molecule has 1 amide bonds. The number of carbonyl (C=O) groups excluding carboxylic acids is 1. The van der Waals surface area contributed by atoms with Crippen molar-refractivity contribution in [3.63, 3.8) is 0 Å². The van der Waals surface area contributed by atoms with Crippen molar-refractivity contribution >= 4 is 28.2 Å². The van der Waals surface area contributed by atoms with Crippen LogP contribution in [0.3, 0.4) is 0 Å². The molecule has 1 aliphatic rings. The number of halogens is 2. The molecule has 0 bridgehead atoms. The first-order valence-electron chi connectivity index (χ1n) is 11.5. The molecule has 0 aliphatic carbocycles. The van der Waals surface area contributed by atoms with E-state index in [0.717, 1.165) is 12.8 Å². The summed E-state index contributed by atoms with van der Waals surface area (Å²) in [5, 5.41) is 7.60. The Morgan fingerprint density at radius 1 is 1.28 bits per heavy atom. The van der Waals surface area contributed by atoms with Crippen LogP contribution in [0.4, 0.5) is 20.2 Å². The third-order valence-corrected chi connectivity index (χ3v) is 6.44. The van der Waals surface area contributed by atoms with Crippen molar-refractivity contribution in [2.75, 3.05) is 30.4 Å². The highest BCUT2D eigenvalue weighted by Crippen LogP contribution is 2.40. The number of anilines is 2. The number of carbonyl (C=O) groups is 1. The number of methoxy groups -OCH3 is 1. The fourth-order valence-electron chi connectivity index (χ4n) is 4.77. The van der Waals surface area contributed by atoms with E-state index in [1.54, 1.807) is 19.3 Å². The van der Waals surface area contributed by atoms with E-state index in [2.05, 4.69) is 25.3 Å². The van der Waals surface area contributed by atoms with Gasteiger partial charge in [-0.2, -0.15) is 5.10 Å². The summed E-state index contributed by atoms with van der Waals surface area (Å²) >= 11 is 0. The van der Waals surface area contributed by atoms with Crippen molar-refractivity contribution in [2.24, 2.45) is 12.8 Å². The van der Waals surface area contributed by atoms with Crippen LogP contribution in [-0.2, 0) is 7.05 Å². The number of hydrogen-bond acceptors (Lipinski definition) is 7. The van der Waals surface area contributed by atoms with Gasteiger partial charge in [0.05, 0.1) is 30.2 Å². The Hall–Kier alpha value is -4.12. The Morgan fingerprint density at radius 3 is 2.89 bits per heavy atom. The van der Waals surface area contributed by atoms with Crippen molar-refractivity contribution in [2.45, 2.75) is 18.9 Å². The molecule has 3 heterocycles. The first-order valence-corrected chi connectivity index (χ1v) is 11.5. The van der Waals surface area contributed by atoms with Gasteiger partial charge in [0, 0.05) is 43.8 Å². The molecule has 11 heteroatoms. The topological polar surface area (TPSA) is 111 Å². The molecule has 4 aromatic rings. The molecule has 1 atom stereocenters. The average molecular weight is 494 g/mol. The van der Waals surface area contributed by atoms with Gasteiger partial charge >= 0.3 is 0 Å². The quantitative estimate of drug-likeness (QED) is 0.423. The highest BCUT2D eigenvalue weighted by molar-refractivity contribution is 6.09. The van der Waals surface area contributed by atoms with E-state index in [0.29, 0.717) is 29.7 Å². The molecule has 1 saturated heterocycles. The zero-order valence-corrected chi connectivity index (χ0v) is 19.8. The maximum absolute atomic E-state index is 15.1. The smallest absolute Gasteiger partial charge is 0.274 e. The molecule has 1 aliphatic heterocycles. The molecule has 2 aromatic heterocycles. The zero-order valence-electron chi connectivity index (χ0n) is 19.8. The molecule has 0 spiro atoms. The molecule has 9 nitrogen and oxygen atoms in total. The Balaban J connectivity index is 1.56. The standard InChI is InChI=1S/C25H25F2N7O2/c1-33-22-15(13-30-33)23(34-10-4-5-14(34)12-28)19(11-17(22)27)32-25(35)18-8-9-29-24(31-18)21-16(26)6-3-7-20(21)36-2/h3,6-9,11,13-14H,4-5,10,12,28H2,1-2H3,(H,32,35)/t14-/m1/s1. The van der Waals surface area contributed by atoms with E-state index in [9.17, 15) is 9.18 Å². The fourth-order valence-corrected chi connectivity index (χ4v) is 4.77. The van der Waals surface area contributed by atoms with E-state index in [1.165, 1.54) is 42.3 Å². The van der Waals surface area contributed by atoms with Crippen molar-refractivity contribution in [3.05, 3.63) is 60.1 Å². The number of aryl methyl sites for hydroxylation is 1. The monoisotopic (exact) mass is 493 g/mol. The van der Waals surface area contributed by atoms with Crippen molar-refractivity contribution < 1.29 is 18.3 Å². The SMILES string of the molecule is COc1cccc(F)c1-c1nccc(C(=O)Nc2cc(F)c3c(cnn3C)c2N2CCC[C@@H]2CN)n1. The largest absolute Gasteiger partial charge is 0.496 e. The van der Waals surface area contributed by atoms with Gasteiger partial charge in [0.1, 0.15) is 22.8 Å². The van der Waals surface area contributed by atoms with Gasteiger partial charge in [-0.05, 0) is 31.0 Å². The Bertz CT molecular complexity index is 1460. The maximum Gasteiger partial charge on any atom is 0.274 e. The molecule has 5 rings (SSSR count). The lowest BCUT2D eigenvalue weighted by Gasteiger charge is -2.29. The minimum Gasteiger partial charge on any atom is -0.496 e. The number of amides is 1. The summed E-state index contributed by atoms with van der Waals surface area (Å²) in [6.07, 6.45) is 4.76. The van der Waals surface area contributed by atoms with Gasteiger partial charge in [-0.15, -0.1) is 0 Å². The van der Waals surface area contributed by atoms with Crippen LogP contribution in [0.15, 0.2) is 42.7 Å². The van der Waals surface area contributed by atoms with Gasteiger partial charge in [-0.25, -0.2) is 18.7 Å². The van der Waals surface area contributed by atoms with Crippen LogP contribution < -0.4 is 20.7 Å². The van der Waals surface area contributed by atoms with Crippen LogP contribution in [0.5, 0.6) is 5.75 Å². The van der Waals surface area contributed by atoms with E-state index < -0.39 is 17.5 Å². The molecular formula is C25H25F2N7O2. The lowest BCUT2D eigenvalue weighted by molar-refractivity contribution is 0.102. The van der Waals surface area contributed by atoms with Gasteiger partial charge in [-0.1, -0.05) is 6.07 Å². The normalized spacial score (nSPS) is 15.5. The van der Waals surface area contributed by atoms with Crippen LogP contribution in [0, 0.1) is 11.6 Å². The summed E-state index contributed by atoms with van der Waals surface area (Å²) in [4.78, 5) is 23.8. The molecule has 3 N–H and O–H groups in total. The lowest BCUT2D eigenvalue weighted by Crippen LogP contribution is -2.36. The van der Waals surface area contributed by atoms with E-state index >= 15 is 4.39 Å². The Labute approximate surface area is 205 Å². The van der Waals surface area contributed by atoms with E-state index in [1.807, 2.05) is 0 Å². The molecule has 0 radical (unpaired) electrons. The number of nitrogens with one attached hydrogen (secondary N) is 1. The summed E-state index contributed by atoms with van der Waals surface area (Å²) in [5.74, 6) is -1.47. The number of nitrogens with two attached hydrogens (primary N) is 1. The molecule has 2 aromatic carbocycles. The highest BCUT2D eigenvalue weighted by Gasteiger charge is 2.30. The number of rotatable bonds is 6. The number of benzene rings is 2. The summed E-state index contributed by atoms with van der Waals surface area (Å²) in [7, 11) is 3.07. The van der Waals surface area contributed by atoms with Crippen LogP contribution in [0.25, 0.3) is 22.3 Å². The first kappa shape index (κ1) is 23.6. The lowest BCUT2D eigenvalue weighted by atomic mass is 10.1. The molecule has 0 unspecified atom stereocenters. The second-order valence-corrected chi connectivity index (χ2v) is 8.55. The Kier molecular flexibility index (Phi) is 6.23. The van der Waals surface area contributed by atoms with Gasteiger partial charge in [0.2, 0.25) is 0 Å². The summed E-state index contributed by atoms with van der Waals surface area (Å²) in [5.41, 5.74) is 7.31. The maximum atomic E-state index is 15.1. The third-order valence-electron chi connectivity index (χ3n) is 6.44. The zero-order chi connectivity index (χ0) is 25.4. The van der Waals surface area contributed by atoms with Gasteiger partial charge in [0.15, 0.2) is 11.6 Å². The average Bonchev–Trinajstić information content (AvgIpc) is 3.51. The number of ether oxygens (including phenoxy) is 1. The molecule has 186 valence electrons. The van der Waals surface area contributed by atoms with Crippen molar-refractivity contribution in [1.82, 2.24) is 19.7 Å². The predicted octanol–water partition coefficient (Wildman–Crippen LogP) is 3.50. The minimum absolute atomic E-state index is 0.00514. The molecule has 1 fully saturated rings. The van der Waals surface area contributed by atoms with Gasteiger partial charge in [-0.3, -0.25) is 9.48 Å². The molecule has 36 heavy (non-hydrogen) atoms. The van der Waals surface area contributed by atoms with Crippen LogP contribution in [-0.4, -0.2) is 51.9 Å². The predicted molar refractivity (Wildman–Crippen MR) is 132 cm³/mol. The molecular weight excluding hydrogens is 468 g/mol. The van der Waals surface area contributed by atoms with Crippen molar-refractivity contribution in [1.29, 1.82) is 0 Å². The minimum atomic E-state index is -0.596. The number of nitrogens with zero attached hydrogens (tertiary/aromatic N) is 5. The van der Waals surface area contributed by atoms with Crippen LogP contribution >= 0.6 is 0 Å². The summed E-state index contributed by atoms with van der Waals surface area (Å²) < 4.78 is 36.4. The molecule has 0 saturated carbocycles. The number of hydrogen-bond donors (Lipinski definition) is 2. The Morgan fingerprint density at radius 2 is 2.11 bits per heavy atom. The fraction of sp³-hybridized carbons (Fsp3) is 0.280. The summed E-state index contributed by atoms with van der Waals surface area (Å²) in [6, 6.07) is 7.08. The van der Waals surface area contributed by atoms with Gasteiger partial charge < -0.3 is 20.7 Å². The van der Waals surface area contributed by atoms with Gasteiger partial charge in [0.25, 0.3) is 5.91 Å². The third kappa shape index (κ3) is 4.01. The second kappa shape index (κ2) is 9.50. The van der Waals surface area contributed by atoms with Crippen LogP contribution in [0.1, 0.15) is 23.3 Å². The van der Waals surface area contributed by atoms with Crippen molar-refractivity contribution in [3.8, 4) is 17.1 Å². The van der Waals surface area contributed by atoms with E-state index in [-0.39, 0.29) is 34.6 Å². The number of aromatic nitrogens is 4.